The summed E-state index contributed by atoms with van der Waals surface area (Å²) in [5.41, 5.74) is 3.41. The maximum atomic E-state index is 12.2. The highest BCUT2D eigenvalue weighted by molar-refractivity contribution is 5.80. The largest absolute Gasteiger partial charge is 0.481 e. The number of carbonyl (C=O) groups is 1. The van der Waals surface area contributed by atoms with Crippen LogP contribution >= 0.6 is 0 Å². The molecule has 0 aliphatic rings. The summed E-state index contributed by atoms with van der Waals surface area (Å²) in [5.74, 6) is 0.680. The monoisotopic (exact) mass is 340 g/mol. The average Bonchev–Trinajstić information content (AvgIpc) is 2.61. The predicted octanol–water partition coefficient (Wildman–Crippen LogP) is 3.71. The molecular weight excluding hydrogens is 312 g/mol. The summed E-state index contributed by atoms with van der Waals surface area (Å²) in [4.78, 5) is 14.4. The first-order valence-electron chi connectivity index (χ1n) is 8.75. The molecule has 2 rings (SSSR count). The van der Waals surface area contributed by atoms with E-state index in [4.69, 9.17) is 4.74 Å². The number of aryl methyl sites for hydroxylation is 2. The zero-order chi connectivity index (χ0) is 18.2. The molecule has 0 saturated heterocycles. The number of nitrogens with zero attached hydrogens (tertiary/aromatic N) is 1. The summed E-state index contributed by atoms with van der Waals surface area (Å²) in [7, 11) is 2.06. The topological polar surface area (TPSA) is 41.6 Å². The molecule has 0 saturated carbocycles. The number of para-hydroxylation sites is 1. The number of carbonyl (C=O) groups excluding carboxylic acids is 1. The van der Waals surface area contributed by atoms with E-state index in [2.05, 4.69) is 35.5 Å². The zero-order valence-electron chi connectivity index (χ0n) is 15.6. The zero-order valence-corrected chi connectivity index (χ0v) is 15.6. The predicted molar refractivity (Wildman–Crippen MR) is 103 cm³/mol. The van der Waals surface area contributed by atoms with Gasteiger partial charge in [0.1, 0.15) is 5.75 Å². The maximum Gasteiger partial charge on any atom is 0.260 e. The smallest absolute Gasteiger partial charge is 0.260 e. The minimum absolute atomic E-state index is 0.0812. The van der Waals surface area contributed by atoms with Gasteiger partial charge in [-0.3, -0.25) is 4.79 Å². The van der Waals surface area contributed by atoms with Crippen molar-refractivity contribution in [2.45, 2.75) is 33.3 Å². The van der Waals surface area contributed by atoms with Crippen LogP contribution in [0.25, 0.3) is 0 Å². The van der Waals surface area contributed by atoms with Gasteiger partial charge in [-0.25, -0.2) is 0 Å². The Morgan fingerprint density at radius 1 is 1.16 bits per heavy atom. The fraction of sp³-hybridized carbons (Fsp3) is 0.381. The Hall–Kier alpha value is -2.49. The molecule has 2 aromatic rings. The lowest BCUT2D eigenvalue weighted by Crippen LogP contribution is -2.37. The molecule has 0 aromatic heterocycles. The molecular formula is C21H28N2O2. The molecule has 0 aliphatic carbocycles. The molecule has 0 aliphatic heterocycles. The Balaban J connectivity index is 1.72. The van der Waals surface area contributed by atoms with E-state index in [1.807, 2.05) is 44.2 Å². The Morgan fingerprint density at radius 3 is 2.56 bits per heavy atom. The molecule has 1 unspecified atom stereocenters. The van der Waals surface area contributed by atoms with Crippen molar-refractivity contribution in [3.63, 3.8) is 0 Å². The minimum Gasteiger partial charge on any atom is -0.481 e. The van der Waals surface area contributed by atoms with E-state index in [1.165, 1.54) is 11.3 Å². The lowest BCUT2D eigenvalue weighted by molar-refractivity contribution is -0.127. The van der Waals surface area contributed by atoms with Crippen molar-refractivity contribution in [2.75, 3.05) is 25.0 Å². The molecule has 25 heavy (non-hydrogen) atoms. The first-order valence-corrected chi connectivity index (χ1v) is 8.75. The van der Waals surface area contributed by atoms with Crippen LogP contribution in [0.3, 0.4) is 0 Å². The Morgan fingerprint density at radius 2 is 1.88 bits per heavy atom. The molecule has 0 heterocycles. The Labute approximate surface area is 150 Å². The standard InChI is InChI=1S/C21H28N2O2/c1-16-11-12-20(17(2)15-16)25-18(3)21(24)22-13-8-14-23(4)19-9-6-5-7-10-19/h5-7,9-12,15,18H,8,13-14H2,1-4H3,(H,22,24). The van der Waals surface area contributed by atoms with Crippen LogP contribution in [-0.4, -0.2) is 32.1 Å². The lowest BCUT2D eigenvalue weighted by Gasteiger charge is -2.20. The quantitative estimate of drug-likeness (QED) is 0.745. The van der Waals surface area contributed by atoms with E-state index >= 15 is 0 Å². The second kappa shape index (κ2) is 9.11. The highest BCUT2D eigenvalue weighted by atomic mass is 16.5. The van der Waals surface area contributed by atoms with Gasteiger partial charge < -0.3 is 15.0 Å². The maximum absolute atomic E-state index is 12.2. The number of benzene rings is 2. The van der Waals surface area contributed by atoms with Gasteiger partial charge in [-0.15, -0.1) is 0 Å². The molecule has 2 aromatic carbocycles. The van der Waals surface area contributed by atoms with Gasteiger partial charge in [0, 0.05) is 25.8 Å². The van der Waals surface area contributed by atoms with Crippen LogP contribution in [0.2, 0.25) is 0 Å². The number of nitrogens with one attached hydrogen (secondary N) is 1. The summed E-state index contributed by atoms with van der Waals surface area (Å²) in [6, 6.07) is 16.2. The van der Waals surface area contributed by atoms with Crippen LogP contribution < -0.4 is 15.0 Å². The second-order valence-electron chi connectivity index (χ2n) is 6.43. The highest BCUT2D eigenvalue weighted by Crippen LogP contribution is 2.20. The van der Waals surface area contributed by atoms with Crippen LogP contribution in [0.4, 0.5) is 5.69 Å². The Bertz CT molecular complexity index is 686. The fourth-order valence-electron chi connectivity index (χ4n) is 2.66. The number of rotatable bonds is 8. The van der Waals surface area contributed by atoms with Gasteiger partial charge in [0.15, 0.2) is 6.10 Å². The van der Waals surface area contributed by atoms with Crippen molar-refractivity contribution in [1.29, 1.82) is 0 Å². The summed E-state index contributed by atoms with van der Waals surface area (Å²) in [5, 5.41) is 2.95. The Kier molecular flexibility index (Phi) is 6.87. The molecule has 4 heteroatoms. The second-order valence-corrected chi connectivity index (χ2v) is 6.43. The number of ether oxygens (including phenoxy) is 1. The molecule has 0 bridgehead atoms. The third-order valence-electron chi connectivity index (χ3n) is 4.17. The number of amides is 1. The molecule has 0 fully saturated rings. The molecule has 0 spiro atoms. The van der Waals surface area contributed by atoms with Crippen molar-refractivity contribution >= 4 is 11.6 Å². The van der Waals surface area contributed by atoms with Crippen LogP contribution in [0.5, 0.6) is 5.75 Å². The average molecular weight is 340 g/mol. The summed E-state index contributed by atoms with van der Waals surface area (Å²) in [6.45, 7) is 7.34. The van der Waals surface area contributed by atoms with Crippen molar-refractivity contribution in [1.82, 2.24) is 5.32 Å². The van der Waals surface area contributed by atoms with E-state index < -0.39 is 6.10 Å². The van der Waals surface area contributed by atoms with E-state index in [1.54, 1.807) is 6.92 Å². The van der Waals surface area contributed by atoms with Crippen molar-refractivity contribution in [3.05, 3.63) is 59.7 Å². The van der Waals surface area contributed by atoms with Gasteiger partial charge in [-0.1, -0.05) is 35.9 Å². The first-order chi connectivity index (χ1) is 12.0. The van der Waals surface area contributed by atoms with Crippen LogP contribution in [0.1, 0.15) is 24.5 Å². The van der Waals surface area contributed by atoms with Gasteiger partial charge in [0.25, 0.3) is 5.91 Å². The fourth-order valence-corrected chi connectivity index (χ4v) is 2.66. The summed E-state index contributed by atoms with van der Waals surface area (Å²) < 4.78 is 5.79. The highest BCUT2D eigenvalue weighted by Gasteiger charge is 2.15. The van der Waals surface area contributed by atoms with Crippen molar-refractivity contribution < 1.29 is 9.53 Å². The van der Waals surface area contributed by atoms with Gasteiger partial charge in [0.05, 0.1) is 0 Å². The van der Waals surface area contributed by atoms with Crippen molar-refractivity contribution in [2.24, 2.45) is 0 Å². The molecule has 1 amide bonds. The lowest BCUT2D eigenvalue weighted by atomic mass is 10.1. The molecule has 1 N–H and O–H groups in total. The number of anilines is 1. The van der Waals surface area contributed by atoms with Crippen molar-refractivity contribution in [3.8, 4) is 5.75 Å². The van der Waals surface area contributed by atoms with Gasteiger partial charge in [0.2, 0.25) is 0 Å². The third-order valence-corrected chi connectivity index (χ3v) is 4.17. The van der Waals surface area contributed by atoms with E-state index in [0.29, 0.717) is 6.54 Å². The van der Waals surface area contributed by atoms with Gasteiger partial charge >= 0.3 is 0 Å². The molecule has 1 atom stereocenters. The minimum atomic E-state index is -0.506. The number of hydrogen-bond acceptors (Lipinski definition) is 3. The van der Waals surface area contributed by atoms with Gasteiger partial charge in [-0.05, 0) is 51.0 Å². The summed E-state index contributed by atoms with van der Waals surface area (Å²) in [6.07, 6.45) is 0.376. The molecule has 134 valence electrons. The van der Waals surface area contributed by atoms with E-state index in [9.17, 15) is 4.79 Å². The molecule has 4 nitrogen and oxygen atoms in total. The third kappa shape index (κ3) is 5.82. The normalized spacial score (nSPS) is 11.7. The molecule has 0 radical (unpaired) electrons. The van der Waals surface area contributed by atoms with Crippen LogP contribution in [0.15, 0.2) is 48.5 Å². The van der Waals surface area contributed by atoms with Crippen LogP contribution in [-0.2, 0) is 4.79 Å². The van der Waals surface area contributed by atoms with E-state index in [0.717, 1.165) is 24.3 Å². The SMILES string of the molecule is Cc1ccc(OC(C)C(=O)NCCCN(C)c2ccccc2)c(C)c1. The van der Waals surface area contributed by atoms with Gasteiger partial charge in [-0.2, -0.15) is 0 Å². The number of hydrogen-bond donors (Lipinski definition) is 1. The first kappa shape index (κ1) is 18.8. The van der Waals surface area contributed by atoms with E-state index in [-0.39, 0.29) is 5.91 Å². The summed E-state index contributed by atoms with van der Waals surface area (Å²) >= 11 is 0. The van der Waals surface area contributed by atoms with Crippen LogP contribution in [0, 0.1) is 13.8 Å².